The third-order valence-corrected chi connectivity index (χ3v) is 5.60. The molecule has 27 heavy (non-hydrogen) atoms. The van der Waals surface area contributed by atoms with Crippen molar-refractivity contribution in [2.75, 3.05) is 29.0 Å². The fraction of sp³-hybridized carbons (Fsp3) is 0.263. The lowest BCUT2D eigenvalue weighted by molar-refractivity contribution is 0.102. The number of hydrogen-bond acceptors (Lipinski definition) is 5. The molecule has 3 aromatic rings. The molecule has 144 valence electrons. The standard InChI is InChI=1S/C19H20N4OS.2ClH/c1-12-4-5-13(20)10-15(12)18(24)21-14-6-7-16-17(11-14)25-19(22-16)23-8-2-3-9-23;;/h4-7,10-11H,2-3,8-9,20H2,1H3,(H,21,24);2*1H. The number of nitrogens with zero attached hydrogens (tertiary/aromatic N) is 2. The highest BCUT2D eigenvalue weighted by Gasteiger charge is 2.17. The van der Waals surface area contributed by atoms with Gasteiger partial charge >= 0.3 is 0 Å². The van der Waals surface area contributed by atoms with Gasteiger partial charge in [0, 0.05) is 30.0 Å². The molecule has 3 N–H and O–H groups in total. The van der Waals surface area contributed by atoms with Crippen molar-refractivity contribution in [3.05, 3.63) is 47.5 Å². The summed E-state index contributed by atoms with van der Waals surface area (Å²) in [6.07, 6.45) is 2.47. The predicted molar refractivity (Wildman–Crippen MR) is 119 cm³/mol. The molecule has 2 aromatic carbocycles. The minimum Gasteiger partial charge on any atom is -0.399 e. The molecule has 0 unspecified atom stereocenters. The molecule has 0 bridgehead atoms. The number of carbonyl (C=O) groups is 1. The van der Waals surface area contributed by atoms with E-state index in [0.717, 1.165) is 39.7 Å². The monoisotopic (exact) mass is 424 g/mol. The first-order valence-electron chi connectivity index (χ1n) is 8.43. The summed E-state index contributed by atoms with van der Waals surface area (Å²) in [6, 6.07) is 11.2. The molecule has 1 aliphatic heterocycles. The Morgan fingerprint density at radius 1 is 1.15 bits per heavy atom. The summed E-state index contributed by atoms with van der Waals surface area (Å²) in [5.74, 6) is -0.145. The summed E-state index contributed by atoms with van der Waals surface area (Å²) in [5, 5.41) is 4.04. The Morgan fingerprint density at radius 3 is 2.63 bits per heavy atom. The molecule has 5 nitrogen and oxygen atoms in total. The van der Waals surface area contributed by atoms with Gasteiger partial charge in [-0.25, -0.2) is 4.98 Å². The van der Waals surface area contributed by atoms with Crippen LogP contribution in [0.5, 0.6) is 0 Å². The number of halogens is 2. The van der Waals surface area contributed by atoms with Gasteiger partial charge in [0.2, 0.25) is 0 Å². The quantitative estimate of drug-likeness (QED) is 0.587. The van der Waals surface area contributed by atoms with Gasteiger partial charge in [-0.3, -0.25) is 4.79 Å². The number of hydrogen-bond donors (Lipinski definition) is 2. The topological polar surface area (TPSA) is 71.2 Å². The Hall–Kier alpha value is -2.02. The van der Waals surface area contributed by atoms with Crippen molar-refractivity contribution in [2.24, 2.45) is 0 Å². The van der Waals surface area contributed by atoms with Crippen LogP contribution in [0, 0.1) is 6.92 Å². The number of fused-ring (bicyclic) bond motifs is 1. The molecular weight excluding hydrogens is 403 g/mol. The highest BCUT2D eigenvalue weighted by molar-refractivity contribution is 7.22. The number of nitrogens with two attached hydrogens (primary N) is 1. The van der Waals surface area contributed by atoms with E-state index < -0.39 is 0 Å². The van der Waals surface area contributed by atoms with Crippen LogP contribution in [0.15, 0.2) is 36.4 Å². The SMILES string of the molecule is Cc1ccc(N)cc1C(=O)Nc1ccc2nc(N3CCCC3)sc2c1.Cl.Cl. The number of rotatable bonds is 3. The molecule has 0 saturated carbocycles. The van der Waals surface area contributed by atoms with Crippen LogP contribution in [-0.2, 0) is 0 Å². The van der Waals surface area contributed by atoms with Gasteiger partial charge in [-0.05, 0) is 55.7 Å². The van der Waals surface area contributed by atoms with Crippen LogP contribution in [0.25, 0.3) is 10.2 Å². The Balaban J connectivity index is 0.00000131. The third kappa shape index (κ3) is 4.46. The number of amides is 1. The van der Waals surface area contributed by atoms with Crippen molar-refractivity contribution in [3.8, 4) is 0 Å². The van der Waals surface area contributed by atoms with Gasteiger partial charge in [-0.15, -0.1) is 24.8 Å². The molecule has 0 atom stereocenters. The second-order valence-corrected chi connectivity index (χ2v) is 7.41. The Kier molecular flexibility index (Phi) is 6.92. The van der Waals surface area contributed by atoms with Crippen LogP contribution in [-0.4, -0.2) is 24.0 Å². The summed E-state index contributed by atoms with van der Waals surface area (Å²) >= 11 is 1.68. The predicted octanol–water partition coefficient (Wildman–Crippen LogP) is 4.88. The lowest BCUT2D eigenvalue weighted by Gasteiger charge is -2.11. The van der Waals surface area contributed by atoms with Crippen LogP contribution in [0.3, 0.4) is 0 Å². The number of aromatic nitrogens is 1. The Labute approximate surface area is 174 Å². The van der Waals surface area contributed by atoms with E-state index in [9.17, 15) is 4.79 Å². The van der Waals surface area contributed by atoms with Crippen molar-refractivity contribution in [3.63, 3.8) is 0 Å². The van der Waals surface area contributed by atoms with Crippen LogP contribution in [0.4, 0.5) is 16.5 Å². The highest BCUT2D eigenvalue weighted by atomic mass is 35.5. The average molecular weight is 425 g/mol. The van der Waals surface area contributed by atoms with E-state index in [2.05, 4.69) is 10.2 Å². The number of nitrogen functional groups attached to an aromatic ring is 1. The van der Waals surface area contributed by atoms with Crippen molar-refractivity contribution < 1.29 is 4.79 Å². The smallest absolute Gasteiger partial charge is 0.256 e. The number of aryl methyl sites for hydroxylation is 1. The second kappa shape index (κ2) is 8.78. The van der Waals surface area contributed by atoms with Gasteiger partial charge < -0.3 is 16.0 Å². The first kappa shape index (κ1) is 21.3. The maximum Gasteiger partial charge on any atom is 0.256 e. The number of nitrogens with one attached hydrogen (secondary N) is 1. The van der Waals surface area contributed by atoms with Gasteiger partial charge in [-0.1, -0.05) is 17.4 Å². The maximum atomic E-state index is 12.6. The van der Waals surface area contributed by atoms with Gasteiger partial charge in [0.05, 0.1) is 10.2 Å². The van der Waals surface area contributed by atoms with Crippen LogP contribution < -0.4 is 16.0 Å². The molecule has 0 spiro atoms. The zero-order valence-electron chi connectivity index (χ0n) is 14.9. The highest BCUT2D eigenvalue weighted by Crippen LogP contribution is 2.32. The molecule has 1 aromatic heterocycles. The molecule has 1 aliphatic rings. The van der Waals surface area contributed by atoms with E-state index >= 15 is 0 Å². The fourth-order valence-electron chi connectivity index (χ4n) is 3.12. The van der Waals surface area contributed by atoms with E-state index in [-0.39, 0.29) is 30.7 Å². The normalized spacial score (nSPS) is 13.1. The van der Waals surface area contributed by atoms with E-state index in [4.69, 9.17) is 10.7 Å². The molecule has 0 radical (unpaired) electrons. The van der Waals surface area contributed by atoms with Gasteiger partial charge in [0.15, 0.2) is 5.13 Å². The summed E-state index contributed by atoms with van der Waals surface area (Å²) in [4.78, 5) is 19.6. The molecule has 1 saturated heterocycles. The first-order chi connectivity index (χ1) is 12.1. The van der Waals surface area contributed by atoms with Gasteiger partial charge in [0.25, 0.3) is 5.91 Å². The summed E-state index contributed by atoms with van der Waals surface area (Å²) in [6.45, 7) is 4.07. The van der Waals surface area contributed by atoms with Crippen LogP contribution in [0.1, 0.15) is 28.8 Å². The number of carbonyl (C=O) groups excluding carboxylic acids is 1. The number of anilines is 3. The van der Waals surface area contributed by atoms with E-state index in [1.165, 1.54) is 12.8 Å². The van der Waals surface area contributed by atoms with Crippen molar-refractivity contribution in [1.29, 1.82) is 0 Å². The van der Waals surface area contributed by atoms with Crippen LogP contribution in [0.2, 0.25) is 0 Å². The van der Waals surface area contributed by atoms with Gasteiger partial charge in [-0.2, -0.15) is 0 Å². The summed E-state index contributed by atoms with van der Waals surface area (Å²) in [5.41, 5.74) is 9.65. The molecular formula is C19H22Cl2N4OS. The molecule has 8 heteroatoms. The lowest BCUT2D eigenvalue weighted by Crippen LogP contribution is -2.16. The number of benzene rings is 2. The molecule has 4 rings (SSSR count). The number of thiazole rings is 1. The van der Waals surface area contributed by atoms with E-state index in [1.807, 2.05) is 31.2 Å². The first-order valence-corrected chi connectivity index (χ1v) is 9.25. The zero-order valence-corrected chi connectivity index (χ0v) is 17.3. The van der Waals surface area contributed by atoms with Crippen molar-refractivity contribution >= 4 is 68.8 Å². The van der Waals surface area contributed by atoms with E-state index in [1.54, 1.807) is 23.5 Å². The molecule has 1 fully saturated rings. The minimum atomic E-state index is -0.145. The second-order valence-electron chi connectivity index (χ2n) is 6.40. The lowest BCUT2D eigenvalue weighted by atomic mass is 10.1. The van der Waals surface area contributed by atoms with Crippen molar-refractivity contribution in [2.45, 2.75) is 19.8 Å². The third-order valence-electron chi connectivity index (χ3n) is 4.52. The minimum absolute atomic E-state index is 0. The molecule has 2 heterocycles. The fourth-order valence-corrected chi connectivity index (χ4v) is 4.17. The van der Waals surface area contributed by atoms with Crippen LogP contribution >= 0.6 is 36.2 Å². The maximum absolute atomic E-state index is 12.6. The average Bonchev–Trinajstić information content (AvgIpc) is 3.25. The zero-order chi connectivity index (χ0) is 17.4. The molecule has 1 amide bonds. The summed E-state index contributed by atoms with van der Waals surface area (Å²) < 4.78 is 1.09. The Bertz CT molecular complexity index is 954. The Morgan fingerprint density at radius 2 is 1.89 bits per heavy atom. The van der Waals surface area contributed by atoms with Gasteiger partial charge in [0.1, 0.15) is 0 Å². The van der Waals surface area contributed by atoms with Crippen molar-refractivity contribution in [1.82, 2.24) is 4.98 Å². The summed E-state index contributed by atoms with van der Waals surface area (Å²) in [7, 11) is 0. The molecule has 0 aliphatic carbocycles. The van der Waals surface area contributed by atoms with E-state index in [0.29, 0.717) is 11.3 Å². The largest absolute Gasteiger partial charge is 0.399 e.